The number of hydrogen-bond acceptors (Lipinski definition) is 5. The number of aliphatic hydroxyl groups excluding tert-OH is 2. The average molecular weight is 197 g/mol. The highest BCUT2D eigenvalue weighted by atomic mass is 16.3. The number of aromatic nitrogens is 1. The lowest BCUT2D eigenvalue weighted by atomic mass is 10.0. The fourth-order valence-electron chi connectivity index (χ4n) is 1.12. The van der Waals surface area contributed by atoms with Gasteiger partial charge in [0.1, 0.15) is 11.9 Å². The Morgan fingerprint density at radius 1 is 1.50 bits per heavy atom. The molecule has 0 amide bonds. The standard InChI is InChI=1S/C9H15N3O2/c1-5-2-6(4-12-9(5)11)8(14)7(13)3-10/h2,4,7-8,13-14H,3,10H2,1H3,(H2,11,12). The Morgan fingerprint density at radius 3 is 2.64 bits per heavy atom. The number of anilines is 1. The van der Waals surface area contributed by atoms with Crippen molar-refractivity contribution in [3.8, 4) is 0 Å². The van der Waals surface area contributed by atoms with Crippen molar-refractivity contribution in [2.75, 3.05) is 12.3 Å². The summed E-state index contributed by atoms with van der Waals surface area (Å²) in [4.78, 5) is 3.88. The van der Waals surface area contributed by atoms with Crippen molar-refractivity contribution in [2.24, 2.45) is 5.73 Å². The van der Waals surface area contributed by atoms with E-state index in [0.717, 1.165) is 5.56 Å². The van der Waals surface area contributed by atoms with Gasteiger partial charge in [-0.1, -0.05) is 0 Å². The van der Waals surface area contributed by atoms with Crippen LogP contribution in [-0.2, 0) is 0 Å². The number of nitrogen functional groups attached to an aromatic ring is 1. The maximum Gasteiger partial charge on any atom is 0.126 e. The molecule has 1 rings (SSSR count). The van der Waals surface area contributed by atoms with Gasteiger partial charge in [0.2, 0.25) is 0 Å². The van der Waals surface area contributed by atoms with Crippen molar-refractivity contribution in [2.45, 2.75) is 19.1 Å². The largest absolute Gasteiger partial charge is 0.389 e. The van der Waals surface area contributed by atoms with Crippen LogP contribution >= 0.6 is 0 Å². The maximum absolute atomic E-state index is 9.59. The number of hydrogen-bond donors (Lipinski definition) is 4. The molecular weight excluding hydrogens is 182 g/mol. The average Bonchev–Trinajstić information content (AvgIpc) is 2.20. The van der Waals surface area contributed by atoms with Crippen LogP contribution in [0.1, 0.15) is 17.2 Å². The second-order valence-corrected chi connectivity index (χ2v) is 3.22. The van der Waals surface area contributed by atoms with E-state index in [0.29, 0.717) is 11.4 Å². The minimum Gasteiger partial charge on any atom is -0.389 e. The van der Waals surface area contributed by atoms with E-state index in [2.05, 4.69) is 4.98 Å². The molecule has 0 saturated heterocycles. The SMILES string of the molecule is Cc1cc(C(O)C(O)CN)cnc1N. The van der Waals surface area contributed by atoms with Crippen LogP contribution in [0.4, 0.5) is 5.82 Å². The van der Waals surface area contributed by atoms with E-state index >= 15 is 0 Å². The van der Waals surface area contributed by atoms with Gasteiger partial charge in [0, 0.05) is 18.3 Å². The van der Waals surface area contributed by atoms with Gasteiger partial charge >= 0.3 is 0 Å². The molecule has 14 heavy (non-hydrogen) atoms. The normalized spacial score (nSPS) is 15.1. The van der Waals surface area contributed by atoms with Crippen molar-refractivity contribution in [3.63, 3.8) is 0 Å². The Kier molecular flexibility index (Phi) is 3.40. The Hall–Kier alpha value is -1.17. The molecular formula is C9H15N3O2. The highest BCUT2D eigenvalue weighted by Gasteiger charge is 2.17. The van der Waals surface area contributed by atoms with Crippen molar-refractivity contribution in [1.82, 2.24) is 4.98 Å². The summed E-state index contributed by atoms with van der Waals surface area (Å²) in [6.45, 7) is 1.79. The summed E-state index contributed by atoms with van der Waals surface area (Å²) in [5.41, 5.74) is 12.0. The number of rotatable bonds is 3. The van der Waals surface area contributed by atoms with Crippen LogP contribution in [0.3, 0.4) is 0 Å². The Morgan fingerprint density at radius 2 is 2.14 bits per heavy atom. The zero-order valence-corrected chi connectivity index (χ0v) is 8.01. The highest BCUT2D eigenvalue weighted by molar-refractivity contribution is 5.40. The fourth-order valence-corrected chi connectivity index (χ4v) is 1.12. The number of pyridine rings is 1. The molecule has 2 unspecified atom stereocenters. The molecule has 0 aromatic carbocycles. The third-order valence-corrected chi connectivity index (χ3v) is 2.09. The minimum absolute atomic E-state index is 0.00455. The van der Waals surface area contributed by atoms with Gasteiger partial charge in [-0.25, -0.2) is 4.98 Å². The second-order valence-electron chi connectivity index (χ2n) is 3.22. The van der Waals surface area contributed by atoms with E-state index in [1.807, 2.05) is 0 Å². The number of aryl methyl sites for hydroxylation is 1. The van der Waals surface area contributed by atoms with Gasteiger partial charge in [0.05, 0.1) is 6.10 Å². The Balaban J connectivity index is 2.91. The molecule has 0 fully saturated rings. The minimum atomic E-state index is -1.01. The van der Waals surface area contributed by atoms with Crippen LogP contribution in [0, 0.1) is 6.92 Å². The van der Waals surface area contributed by atoms with Gasteiger partial charge in [-0.2, -0.15) is 0 Å². The lowest BCUT2D eigenvalue weighted by Crippen LogP contribution is -2.27. The first-order valence-corrected chi connectivity index (χ1v) is 4.34. The van der Waals surface area contributed by atoms with Crippen molar-refractivity contribution in [3.05, 3.63) is 23.4 Å². The molecule has 6 N–H and O–H groups in total. The topological polar surface area (TPSA) is 105 Å². The van der Waals surface area contributed by atoms with E-state index in [-0.39, 0.29) is 6.54 Å². The summed E-state index contributed by atoms with van der Waals surface area (Å²) in [6, 6.07) is 1.69. The third kappa shape index (κ3) is 2.20. The van der Waals surface area contributed by atoms with E-state index in [1.54, 1.807) is 13.0 Å². The molecule has 0 aliphatic carbocycles. The number of aliphatic hydroxyl groups is 2. The smallest absolute Gasteiger partial charge is 0.126 e. The molecule has 1 aromatic rings. The third-order valence-electron chi connectivity index (χ3n) is 2.09. The van der Waals surface area contributed by atoms with Gasteiger partial charge < -0.3 is 21.7 Å². The van der Waals surface area contributed by atoms with Crippen molar-refractivity contribution in [1.29, 1.82) is 0 Å². The van der Waals surface area contributed by atoms with Crippen LogP contribution in [-0.4, -0.2) is 27.8 Å². The molecule has 5 nitrogen and oxygen atoms in total. The van der Waals surface area contributed by atoms with Crippen LogP contribution in [0.25, 0.3) is 0 Å². The molecule has 0 saturated carbocycles. The summed E-state index contributed by atoms with van der Waals surface area (Å²) in [5.74, 6) is 0.420. The fraction of sp³-hybridized carbons (Fsp3) is 0.444. The summed E-state index contributed by atoms with van der Waals surface area (Å²) in [5, 5.41) is 18.9. The molecule has 0 aliphatic rings. The molecule has 1 aromatic heterocycles. The van der Waals surface area contributed by atoms with E-state index < -0.39 is 12.2 Å². The predicted molar refractivity (Wildman–Crippen MR) is 53.4 cm³/mol. The number of nitrogens with zero attached hydrogens (tertiary/aromatic N) is 1. The molecule has 0 radical (unpaired) electrons. The summed E-state index contributed by atoms with van der Waals surface area (Å²) in [6.07, 6.45) is -0.544. The number of nitrogens with two attached hydrogens (primary N) is 2. The molecule has 0 spiro atoms. The Bertz CT molecular complexity index is 317. The quantitative estimate of drug-likeness (QED) is 0.514. The van der Waals surface area contributed by atoms with E-state index in [4.69, 9.17) is 11.5 Å². The van der Waals surface area contributed by atoms with Crippen molar-refractivity contribution >= 4 is 5.82 Å². The molecule has 1 heterocycles. The molecule has 2 atom stereocenters. The first kappa shape index (κ1) is 10.9. The van der Waals surface area contributed by atoms with Gasteiger partial charge in [0.25, 0.3) is 0 Å². The summed E-state index contributed by atoms with van der Waals surface area (Å²) >= 11 is 0. The maximum atomic E-state index is 9.59. The molecule has 78 valence electrons. The van der Waals surface area contributed by atoms with E-state index in [1.165, 1.54) is 6.20 Å². The van der Waals surface area contributed by atoms with Crippen LogP contribution in [0.2, 0.25) is 0 Å². The summed E-state index contributed by atoms with van der Waals surface area (Å²) in [7, 11) is 0. The molecule has 5 heteroatoms. The predicted octanol–water partition coefficient (Wildman–Crippen LogP) is -0.675. The monoisotopic (exact) mass is 197 g/mol. The second kappa shape index (κ2) is 4.36. The summed E-state index contributed by atoms with van der Waals surface area (Å²) < 4.78 is 0. The zero-order chi connectivity index (χ0) is 10.7. The first-order chi connectivity index (χ1) is 6.56. The molecule has 0 aliphatic heterocycles. The highest BCUT2D eigenvalue weighted by Crippen LogP contribution is 2.18. The van der Waals surface area contributed by atoms with Crippen LogP contribution < -0.4 is 11.5 Å². The van der Waals surface area contributed by atoms with Gasteiger partial charge in [-0.3, -0.25) is 0 Å². The lowest BCUT2D eigenvalue weighted by molar-refractivity contribution is 0.0241. The van der Waals surface area contributed by atoms with Gasteiger partial charge in [-0.05, 0) is 18.6 Å². The van der Waals surface area contributed by atoms with Gasteiger partial charge in [0.15, 0.2) is 0 Å². The zero-order valence-electron chi connectivity index (χ0n) is 8.01. The Labute approximate surface area is 82.4 Å². The van der Waals surface area contributed by atoms with Crippen molar-refractivity contribution < 1.29 is 10.2 Å². The van der Waals surface area contributed by atoms with Gasteiger partial charge in [-0.15, -0.1) is 0 Å². The van der Waals surface area contributed by atoms with Crippen LogP contribution in [0.5, 0.6) is 0 Å². The van der Waals surface area contributed by atoms with E-state index in [9.17, 15) is 10.2 Å². The molecule has 0 bridgehead atoms. The first-order valence-electron chi connectivity index (χ1n) is 4.34. The lowest BCUT2D eigenvalue weighted by Gasteiger charge is -2.16. The van der Waals surface area contributed by atoms with Crippen LogP contribution in [0.15, 0.2) is 12.3 Å².